The lowest BCUT2D eigenvalue weighted by atomic mass is 9.95. The molecule has 0 radical (unpaired) electrons. The second-order valence-corrected chi connectivity index (χ2v) is 8.83. The molecule has 2 aromatic heterocycles. The van der Waals surface area contributed by atoms with E-state index < -0.39 is 23.5 Å². The SMILES string of the molecule is CCOC(=O)Cc1ccc(N2C(=O)C(O)=C(C(=O)c3cc4cc(Cl)ccc4o3)C2c2cccnc2)cc1. The number of furan rings is 1. The summed E-state index contributed by atoms with van der Waals surface area (Å²) >= 11 is 6.06. The number of esters is 1. The molecule has 1 aliphatic rings. The van der Waals surface area contributed by atoms with Crippen LogP contribution in [-0.4, -0.2) is 34.4 Å². The van der Waals surface area contributed by atoms with Crippen LogP contribution in [0.5, 0.6) is 0 Å². The molecular formula is C28H21ClN2O6. The van der Waals surface area contributed by atoms with E-state index in [-0.39, 0.29) is 30.3 Å². The summed E-state index contributed by atoms with van der Waals surface area (Å²) in [6.07, 6.45) is 3.19. The summed E-state index contributed by atoms with van der Waals surface area (Å²) in [4.78, 5) is 44.3. The Morgan fingerprint density at radius 2 is 1.92 bits per heavy atom. The minimum absolute atomic E-state index is 0.0351. The van der Waals surface area contributed by atoms with Crippen molar-refractivity contribution >= 4 is 45.9 Å². The van der Waals surface area contributed by atoms with Gasteiger partial charge in [0.1, 0.15) is 5.58 Å². The number of aromatic nitrogens is 1. The van der Waals surface area contributed by atoms with Gasteiger partial charge in [0, 0.05) is 28.5 Å². The standard InChI is InChI=1S/C28H21ClN2O6/c1-2-36-23(32)12-16-5-8-20(9-6-16)31-25(17-4-3-11-30-15-17)24(27(34)28(31)35)26(33)22-14-18-13-19(29)7-10-21(18)37-22/h3-11,13-15,25,34H,2,12H2,1H3. The summed E-state index contributed by atoms with van der Waals surface area (Å²) in [5.74, 6) is -2.44. The number of anilines is 1. The molecule has 1 N–H and O–H groups in total. The van der Waals surface area contributed by atoms with Crippen LogP contribution < -0.4 is 4.90 Å². The van der Waals surface area contributed by atoms with Crippen LogP contribution in [0, 0.1) is 0 Å². The summed E-state index contributed by atoms with van der Waals surface area (Å²) in [5, 5.41) is 12.0. The van der Waals surface area contributed by atoms with Gasteiger partial charge in [-0.3, -0.25) is 24.3 Å². The Morgan fingerprint density at radius 1 is 1.14 bits per heavy atom. The van der Waals surface area contributed by atoms with Gasteiger partial charge < -0.3 is 14.3 Å². The van der Waals surface area contributed by atoms with E-state index in [4.69, 9.17) is 20.8 Å². The Balaban J connectivity index is 1.54. The maximum atomic E-state index is 13.7. The van der Waals surface area contributed by atoms with Crippen LogP contribution in [0.1, 0.15) is 34.6 Å². The van der Waals surface area contributed by atoms with E-state index in [1.165, 1.54) is 17.2 Å². The number of nitrogens with zero attached hydrogens (tertiary/aromatic N) is 2. The number of hydrogen-bond acceptors (Lipinski definition) is 7. The first-order chi connectivity index (χ1) is 17.9. The number of benzene rings is 2. The zero-order valence-corrected chi connectivity index (χ0v) is 20.4. The number of hydrogen-bond donors (Lipinski definition) is 1. The average molecular weight is 517 g/mol. The molecule has 8 nitrogen and oxygen atoms in total. The van der Waals surface area contributed by atoms with Gasteiger partial charge in [0.05, 0.1) is 24.6 Å². The Labute approximate surface area is 216 Å². The first kappa shape index (κ1) is 24.3. The van der Waals surface area contributed by atoms with Crippen molar-refractivity contribution in [1.29, 1.82) is 0 Å². The van der Waals surface area contributed by atoms with Crippen LogP contribution in [0.15, 0.2) is 88.8 Å². The predicted molar refractivity (Wildman–Crippen MR) is 136 cm³/mol. The van der Waals surface area contributed by atoms with Gasteiger partial charge in [-0.2, -0.15) is 0 Å². The van der Waals surface area contributed by atoms with Crippen LogP contribution in [0.3, 0.4) is 0 Å². The lowest BCUT2D eigenvalue weighted by Gasteiger charge is -2.26. The van der Waals surface area contributed by atoms with Crippen molar-refractivity contribution in [3.8, 4) is 0 Å². The minimum Gasteiger partial charge on any atom is -0.503 e. The number of amides is 1. The van der Waals surface area contributed by atoms with Crippen molar-refractivity contribution in [2.45, 2.75) is 19.4 Å². The summed E-state index contributed by atoms with van der Waals surface area (Å²) < 4.78 is 10.7. The molecule has 3 heterocycles. The number of aliphatic hydroxyl groups is 1. The fraction of sp³-hybridized carbons (Fsp3) is 0.143. The fourth-order valence-corrected chi connectivity index (χ4v) is 4.55. The van der Waals surface area contributed by atoms with Gasteiger partial charge in [-0.05, 0) is 60.5 Å². The molecule has 186 valence electrons. The molecule has 0 aliphatic carbocycles. The van der Waals surface area contributed by atoms with E-state index >= 15 is 0 Å². The van der Waals surface area contributed by atoms with E-state index in [1.807, 2.05) is 0 Å². The zero-order valence-electron chi connectivity index (χ0n) is 19.7. The summed E-state index contributed by atoms with van der Waals surface area (Å²) in [7, 11) is 0. The summed E-state index contributed by atoms with van der Waals surface area (Å²) in [6.45, 7) is 2.02. The Bertz CT molecular complexity index is 1540. The number of carbonyl (C=O) groups excluding carboxylic acids is 3. The lowest BCUT2D eigenvalue weighted by Crippen LogP contribution is -2.31. The highest BCUT2D eigenvalue weighted by Gasteiger charge is 2.45. The van der Waals surface area contributed by atoms with Crippen molar-refractivity contribution in [2.75, 3.05) is 11.5 Å². The highest BCUT2D eigenvalue weighted by molar-refractivity contribution is 6.31. The number of aliphatic hydroxyl groups excluding tert-OH is 1. The smallest absolute Gasteiger partial charge is 0.310 e. The van der Waals surface area contributed by atoms with Crippen molar-refractivity contribution in [3.63, 3.8) is 0 Å². The lowest BCUT2D eigenvalue weighted by molar-refractivity contribution is -0.142. The van der Waals surface area contributed by atoms with Crippen LogP contribution in [-0.2, 0) is 20.7 Å². The Hall–Kier alpha value is -4.43. The topological polar surface area (TPSA) is 110 Å². The van der Waals surface area contributed by atoms with Crippen LogP contribution in [0.4, 0.5) is 5.69 Å². The molecule has 1 atom stereocenters. The number of pyridine rings is 1. The molecule has 0 bridgehead atoms. The van der Waals surface area contributed by atoms with Crippen LogP contribution in [0.25, 0.3) is 11.0 Å². The molecule has 2 aromatic carbocycles. The van der Waals surface area contributed by atoms with Gasteiger partial charge in [-0.15, -0.1) is 0 Å². The van der Waals surface area contributed by atoms with E-state index in [0.717, 1.165) is 0 Å². The van der Waals surface area contributed by atoms with E-state index in [2.05, 4.69) is 4.98 Å². The number of fused-ring (bicyclic) bond motifs is 1. The molecule has 9 heteroatoms. The first-order valence-corrected chi connectivity index (χ1v) is 11.9. The Morgan fingerprint density at radius 3 is 2.62 bits per heavy atom. The monoisotopic (exact) mass is 516 g/mol. The van der Waals surface area contributed by atoms with E-state index in [0.29, 0.717) is 32.8 Å². The molecule has 1 amide bonds. The quantitative estimate of drug-likeness (QED) is 0.260. The average Bonchev–Trinajstić information content (AvgIpc) is 3.43. The highest BCUT2D eigenvalue weighted by atomic mass is 35.5. The van der Waals surface area contributed by atoms with Crippen molar-refractivity contribution in [3.05, 3.63) is 106 Å². The molecule has 4 aromatic rings. The van der Waals surface area contributed by atoms with Crippen molar-refractivity contribution < 1.29 is 28.6 Å². The normalized spacial score (nSPS) is 15.5. The molecule has 0 fully saturated rings. The molecule has 0 saturated carbocycles. The number of Topliss-reactive ketones (excluding diaryl/α,β-unsaturated/α-hetero) is 1. The number of rotatable bonds is 7. The third-order valence-corrected chi connectivity index (χ3v) is 6.26. The number of ether oxygens (including phenoxy) is 1. The number of carbonyl (C=O) groups is 3. The maximum Gasteiger partial charge on any atom is 0.310 e. The van der Waals surface area contributed by atoms with Crippen LogP contribution in [0.2, 0.25) is 5.02 Å². The minimum atomic E-state index is -0.957. The van der Waals surface area contributed by atoms with Gasteiger partial charge in [-0.25, -0.2) is 0 Å². The van der Waals surface area contributed by atoms with Gasteiger partial charge in [-0.1, -0.05) is 29.8 Å². The molecular weight excluding hydrogens is 496 g/mol. The predicted octanol–water partition coefficient (Wildman–Crippen LogP) is 5.37. The first-order valence-electron chi connectivity index (χ1n) is 11.5. The van der Waals surface area contributed by atoms with E-state index in [1.54, 1.807) is 67.7 Å². The second kappa shape index (κ2) is 9.91. The second-order valence-electron chi connectivity index (χ2n) is 8.40. The number of ketones is 1. The maximum absolute atomic E-state index is 13.7. The zero-order chi connectivity index (χ0) is 26.1. The summed E-state index contributed by atoms with van der Waals surface area (Å²) in [6, 6.07) is 15.6. The molecule has 37 heavy (non-hydrogen) atoms. The molecule has 1 unspecified atom stereocenters. The fourth-order valence-electron chi connectivity index (χ4n) is 4.37. The third kappa shape index (κ3) is 4.59. The third-order valence-electron chi connectivity index (χ3n) is 6.02. The molecule has 5 rings (SSSR count). The molecule has 1 aliphatic heterocycles. The largest absolute Gasteiger partial charge is 0.503 e. The number of halogens is 1. The molecule has 0 saturated heterocycles. The molecule has 0 spiro atoms. The van der Waals surface area contributed by atoms with E-state index in [9.17, 15) is 19.5 Å². The Kier molecular flexibility index (Phi) is 6.50. The summed E-state index contributed by atoms with van der Waals surface area (Å²) in [5.41, 5.74) is 1.97. The highest BCUT2D eigenvalue weighted by Crippen LogP contribution is 2.42. The van der Waals surface area contributed by atoms with Gasteiger partial charge in [0.15, 0.2) is 11.5 Å². The van der Waals surface area contributed by atoms with Crippen molar-refractivity contribution in [1.82, 2.24) is 4.98 Å². The van der Waals surface area contributed by atoms with Gasteiger partial charge in [0.25, 0.3) is 5.91 Å². The van der Waals surface area contributed by atoms with Crippen LogP contribution >= 0.6 is 11.6 Å². The van der Waals surface area contributed by atoms with Gasteiger partial charge in [0.2, 0.25) is 5.78 Å². The van der Waals surface area contributed by atoms with Crippen molar-refractivity contribution in [2.24, 2.45) is 0 Å². The van der Waals surface area contributed by atoms with Gasteiger partial charge >= 0.3 is 5.97 Å².